The number of benzene rings is 1. The number of hydrogen-bond donors (Lipinski definition) is 1. The molecule has 138 valence electrons. The number of likely N-dealkylation sites (tertiary alicyclic amines) is 1. The Morgan fingerprint density at radius 3 is 2.60 bits per heavy atom. The van der Waals surface area contributed by atoms with Gasteiger partial charge in [-0.1, -0.05) is 0 Å². The Balaban J connectivity index is 2.05. The van der Waals surface area contributed by atoms with Crippen molar-refractivity contribution in [3.8, 4) is 0 Å². The topological polar surface area (TPSA) is 58.6 Å². The van der Waals surface area contributed by atoms with Crippen LogP contribution in [0.1, 0.15) is 44.0 Å². The average molecular weight is 419 g/mol. The van der Waals surface area contributed by atoms with Crippen molar-refractivity contribution in [1.29, 1.82) is 0 Å². The number of amides is 2. The molecule has 1 saturated heterocycles. The second-order valence-corrected chi connectivity index (χ2v) is 7.81. The molecule has 0 radical (unpaired) electrons. The summed E-state index contributed by atoms with van der Waals surface area (Å²) in [6, 6.07) is 2.25. The molecule has 1 heterocycles. The van der Waals surface area contributed by atoms with E-state index in [2.05, 4.69) is 21.2 Å². The molecule has 1 atom stereocenters. The van der Waals surface area contributed by atoms with Crippen LogP contribution in [-0.4, -0.2) is 41.6 Å². The van der Waals surface area contributed by atoms with E-state index in [0.717, 1.165) is 0 Å². The van der Waals surface area contributed by atoms with Gasteiger partial charge in [-0.05, 0) is 61.7 Å². The van der Waals surface area contributed by atoms with Crippen LogP contribution in [0.15, 0.2) is 16.6 Å². The molecule has 1 aromatic carbocycles. The fourth-order valence-electron chi connectivity index (χ4n) is 2.62. The molecule has 0 spiro atoms. The summed E-state index contributed by atoms with van der Waals surface area (Å²) < 4.78 is 32.8. The van der Waals surface area contributed by atoms with Gasteiger partial charge in [0.05, 0.1) is 10.0 Å². The van der Waals surface area contributed by atoms with E-state index in [4.69, 9.17) is 4.74 Å². The summed E-state index contributed by atoms with van der Waals surface area (Å²) >= 11 is 2.88. The van der Waals surface area contributed by atoms with Gasteiger partial charge in [-0.2, -0.15) is 0 Å². The molecule has 1 fully saturated rings. The first-order valence-electron chi connectivity index (χ1n) is 8.01. The molecule has 1 aliphatic heterocycles. The number of alkyl carbamates (subject to hydrolysis) is 1. The fourth-order valence-corrected chi connectivity index (χ4v) is 2.92. The van der Waals surface area contributed by atoms with Crippen molar-refractivity contribution in [2.45, 2.75) is 45.3 Å². The summed E-state index contributed by atoms with van der Waals surface area (Å²) in [7, 11) is 0. The molecule has 0 aromatic heterocycles. The molecular weight excluding hydrogens is 398 g/mol. The first-order valence-corrected chi connectivity index (χ1v) is 8.80. The molecule has 0 bridgehead atoms. The lowest BCUT2D eigenvalue weighted by Gasteiger charge is -2.33. The normalized spacial score (nSPS) is 18.0. The summed E-state index contributed by atoms with van der Waals surface area (Å²) in [5.74, 6) is -2.87. The summed E-state index contributed by atoms with van der Waals surface area (Å²) in [6.07, 6.45) is 0.764. The Hall–Kier alpha value is -1.70. The van der Waals surface area contributed by atoms with Gasteiger partial charge in [0.25, 0.3) is 5.91 Å². The van der Waals surface area contributed by atoms with Crippen molar-refractivity contribution in [2.75, 3.05) is 13.1 Å². The zero-order valence-corrected chi connectivity index (χ0v) is 16.0. The maximum Gasteiger partial charge on any atom is 0.407 e. The minimum atomic E-state index is -1.18. The Bertz CT molecular complexity index is 677. The predicted molar refractivity (Wildman–Crippen MR) is 92.4 cm³/mol. The van der Waals surface area contributed by atoms with E-state index in [1.165, 1.54) is 17.0 Å². The summed E-state index contributed by atoms with van der Waals surface area (Å²) in [5, 5.41) is 2.72. The van der Waals surface area contributed by atoms with Crippen LogP contribution in [0, 0.1) is 11.6 Å². The van der Waals surface area contributed by atoms with Crippen LogP contribution in [0.4, 0.5) is 13.6 Å². The quantitative estimate of drug-likeness (QED) is 0.741. The van der Waals surface area contributed by atoms with Gasteiger partial charge < -0.3 is 15.0 Å². The lowest BCUT2D eigenvalue weighted by atomic mass is 10.0. The van der Waals surface area contributed by atoms with E-state index >= 15 is 0 Å². The van der Waals surface area contributed by atoms with Gasteiger partial charge in [-0.25, -0.2) is 13.6 Å². The molecule has 2 amide bonds. The van der Waals surface area contributed by atoms with Gasteiger partial charge >= 0.3 is 6.09 Å². The van der Waals surface area contributed by atoms with Gasteiger partial charge in [0, 0.05) is 19.1 Å². The molecule has 1 aliphatic rings. The highest BCUT2D eigenvalue weighted by Gasteiger charge is 2.29. The average Bonchev–Trinajstić information content (AvgIpc) is 2.50. The van der Waals surface area contributed by atoms with Gasteiger partial charge in [-0.3, -0.25) is 4.79 Å². The standard InChI is InChI=1S/C17H21BrF2N2O3/c1-17(2,3)25-16(24)21-10-5-4-8-22(9-10)15(23)11-6-7-12(18)14(20)13(11)19/h6-7,10H,4-5,8-9H2,1-3H3,(H,21,24)/t10-/m0/s1. The third-order valence-electron chi connectivity index (χ3n) is 3.70. The number of carbonyl (C=O) groups is 2. The molecule has 0 saturated carbocycles. The van der Waals surface area contributed by atoms with E-state index < -0.39 is 29.2 Å². The van der Waals surface area contributed by atoms with Crippen molar-refractivity contribution in [3.63, 3.8) is 0 Å². The van der Waals surface area contributed by atoms with Crippen LogP contribution in [0.5, 0.6) is 0 Å². The summed E-state index contributed by atoms with van der Waals surface area (Å²) in [5.41, 5.74) is -0.939. The Kier molecular flexibility index (Phi) is 6.03. The number of ether oxygens (including phenoxy) is 1. The molecule has 5 nitrogen and oxygen atoms in total. The third kappa shape index (κ3) is 5.14. The molecule has 0 unspecified atom stereocenters. The highest BCUT2D eigenvalue weighted by atomic mass is 79.9. The van der Waals surface area contributed by atoms with E-state index in [-0.39, 0.29) is 22.6 Å². The van der Waals surface area contributed by atoms with Crippen molar-refractivity contribution < 1.29 is 23.1 Å². The van der Waals surface area contributed by atoms with E-state index in [9.17, 15) is 18.4 Å². The Morgan fingerprint density at radius 1 is 1.28 bits per heavy atom. The van der Waals surface area contributed by atoms with Crippen molar-refractivity contribution >= 4 is 27.9 Å². The number of nitrogens with one attached hydrogen (secondary N) is 1. The Morgan fingerprint density at radius 2 is 1.96 bits per heavy atom. The maximum atomic E-state index is 14.0. The predicted octanol–water partition coefficient (Wildman–Crippen LogP) is 3.86. The highest BCUT2D eigenvalue weighted by Crippen LogP contribution is 2.23. The van der Waals surface area contributed by atoms with Gasteiger partial charge in [0.2, 0.25) is 0 Å². The van der Waals surface area contributed by atoms with Gasteiger partial charge in [0.1, 0.15) is 5.60 Å². The number of hydrogen-bond acceptors (Lipinski definition) is 3. The second kappa shape index (κ2) is 7.68. The van der Waals surface area contributed by atoms with Gasteiger partial charge in [0.15, 0.2) is 11.6 Å². The lowest BCUT2D eigenvalue weighted by Crippen LogP contribution is -2.50. The van der Waals surface area contributed by atoms with Crippen LogP contribution >= 0.6 is 15.9 Å². The summed E-state index contributed by atoms with van der Waals surface area (Å²) in [6.45, 7) is 5.91. The number of nitrogens with zero attached hydrogens (tertiary/aromatic N) is 1. The molecular formula is C17H21BrF2N2O3. The second-order valence-electron chi connectivity index (χ2n) is 6.96. The van der Waals surface area contributed by atoms with Crippen LogP contribution in [-0.2, 0) is 4.74 Å². The number of halogens is 3. The SMILES string of the molecule is CC(C)(C)OC(=O)N[C@H]1CCCN(C(=O)c2ccc(Br)c(F)c2F)C1. The van der Waals surface area contributed by atoms with E-state index in [1.54, 1.807) is 20.8 Å². The third-order valence-corrected chi connectivity index (χ3v) is 4.31. The number of rotatable bonds is 2. The Labute approximate surface area is 153 Å². The molecule has 1 N–H and O–H groups in total. The van der Waals surface area contributed by atoms with Crippen molar-refractivity contribution in [3.05, 3.63) is 33.8 Å². The van der Waals surface area contributed by atoms with E-state index in [1.807, 2.05) is 0 Å². The zero-order valence-electron chi connectivity index (χ0n) is 14.4. The largest absolute Gasteiger partial charge is 0.444 e. The first kappa shape index (κ1) is 19.6. The van der Waals surface area contributed by atoms with Crippen LogP contribution in [0.25, 0.3) is 0 Å². The monoisotopic (exact) mass is 418 g/mol. The molecule has 2 rings (SSSR count). The number of carbonyl (C=O) groups excluding carboxylic acids is 2. The zero-order chi connectivity index (χ0) is 18.8. The molecule has 1 aromatic rings. The van der Waals surface area contributed by atoms with Crippen molar-refractivity contribution in [1.82, 2.24) is 10.2 Å². The van der Waals surface area contributed by atoms with Gasteiger partial charge in [-0.15, -0.1) is 0 Å². The van der Waals surface area contributed by atoms with Crippen molar-refractivity contribution in [2.24, 2.45) is 0 Å². The van der Waals surface area contributed by atoms with Crippen LogP contribution in [0.3, 0.4) is 0 Å². The lowest BCUT2D eigenvalue weighted by molar-refractivity contribution is 0.0451. The highest BCUT2D eigenvalue weighted by molar-refractivity contribution is 9.10. The molecule has 8 heteroatoms. The maximum absolute atomic E-state index is 14.0. The first-order chi connectivity index (χ1) is 11.6. The molecule has 0 aliphatic carbocycles. The van der Waals surface area contributed by atoms with E-state index in [0.29, 0.717) is 19.4 Å². The summed E-state index contributed by atoms with van der Waals surface area (Å²) in [4.78, 5) is 25.8. The smallest absolute Gasteiger partial charge is 0.407 e. The van der Waals surface area contributed by atoms with Crippen LogP contribution < -0.4 is 5.32 Å². The van der Waals surface area contributed by atoms with Crippen LogP contribution in [0.2, 0.25) is 0 Å². The minimum Gasteiger partial charge on any atom is -0.444 e. The minimum absolute atomic E-state index is 0.0373. The molecule has 25 heavy (non-hydrogen) atoms. The number of piperidine rings is 1. The fraction of sp³-hybridized carbons (Fsp3) is 0.529.